The Hall–Kier alpha value is -3.26. The maximum atomic E-state index is 12.8. The lowest BCUT2D eigenvalue weighted by atomic mass is 10.0. The summed E-state index contributed by atoms with van der Waals surface area (Å²) in [6.07, 6.45) is -1.70. The summed E-state index contributed by atoms with van der Waals surface area (Å²) >= 11 is 0. The van der Waals surface area contributed by atoms with Gasteiger partial charge in [-0.25, -0.2) is 0 Å². The van der Waals surface area contributed by atoms with E-state index in [4.69, 9.17) is 0 Å². The number of hydrogen-bond donors (Lipinski definition) is 0. The van der Waals surface area contributed by atoms with Gasteiger partial charge in [0.2, 0.25) is 0 Å². The first-order valence-corrected chi connectivity index (χ1v) is 9.32. The smallest absolute Gasteiger partial charge is 0.318 e. The van der Waals surface area contributed by atoms with Gasteiger partial charge in [-0.1, -0.05) is 31.2 Å². The highest BCUT2D eigenvalue weighted by Gasteiger charge is 2.30. The van der Waals surface area contributed by atoms with Crippen LogP contribution in [0.4, 0.5) is 13.2 Å². The summed E-state index contributed by atoms with van der Waals surface area (Å²) in [4.78, 5) is 0. The van der Waals surface area contributed by atoms with Gasteiger partial charge in [0.1, 0.15) is 0 Å². The Kier molecular flexibility index (Phi) is 5.65. The topological polar surface area (TPSA) is 28.7 Å². The molecular formula is C24H21F3N2. The van der Waals surface area contributed by atoms with Gasteiger partial charge in [-0.05, 0) is 73.4 Å². The van der Waals surface area contributed by atoms with E-state index in [1.165, 1.54) is 17.7 Å². The number of alkyl halides is 3. The molecule has 0 aliphatic heterocycles. The molecule has 0 unspecified atom stereocenters. The molecule has 3 rings (SSSR count). The monoisotopic (exact) mass is 394 g/mol. The first-order chi connectivity index (χ1) is 13.7. The van der Waals surface area contributed by atoms with E-state index in [0.29, 0.717) is 11.1 Å². The molecular weight excluding hydrogens is 373 g/mol. The van der Waals surface area contributed by atoms with Crippen molar-refractivity contribution in [2.75, 3.05) is 0 Å². The van der Waals surface area contributed by atoms with Crippen molar-refractivity contribution in [3.05, 3.63) is 88.2 Å². The molecule has 5 heteroatoms. The Morgan fingerprint density at radius 3 is 2.17 bits per heavy atom. The van der Waals surface area contributed by atoms with Crippen LogP contribution < -0.4 is 0 Å². The number of allylic oxidation sites excluding steroid dienone is 1. The maximum absolute atomic E-state index is 12.8. The first-order valence-electron chi connectivity index (χ1n) is 9.32. The van der Waals surface area contributed by atoms with Crippen LogP contribution in [-0.2, 0) is 12.6 Å². The molecule has 0 N–H and O–H groups in total. The van der Waals surface area contributed by atoms with E-state index in [-0.39, 0.29) is 0 Å². The third-order valence-corrected chi connectivity index (χ3v) is 5.02. The van der Waals surface area contributed by atoms with Gasteiger partial charge in [0.15, 0.2) is 0 Å². The first kappa shape index (κ1) is 20.5. The summed E-state index contributed by atoms with van der Waals surface area (Å²) in [6, 6.07) is 17.1. The summed E-state index contributed by atoms with van der Waals surface area (Å²) in [7, 11) is 0. The molecule has 3 aromatic rings. The molecule has 148 valence electrons. The van der Waals surface area contributed by atoms with E-state index >= 15 is 0 Å². The second kappa shape index (κ2) is 8.00. The Morgan fingerprint density at radius 1 is 1.03 bits per heavy atom. The Labute approximate surface area is 168 Å². The van der Waals surface area contributed by atoms with Crippen LogP contribution in [-0.4, -0.2) is 4.57 Å². The Bertz CT molecular complexity index is 1080. The van der Waals surface area contributed by atoms with E-state index in [9.17, 15) is 18.4 Å². The van der Waals surface area contributed by atoms with Crippen molar-refractivity contribution in [2.45, 2.75) is 33.4 Å². The lowest BCUT2D eigenvalue weighted by molar-refractivity contribution is -0.137. The minimum absolute atomic E-state index is 0.320. The van der Waals surface area contributed by atoms with Crippen molar-refractivity contribution in [3.8, 4) is 11.8 Å². The fourth-order valence-electron chi connectivity index (χ4n) is 3.39. The molecule has 1 aromatic heterocycles. The molecule has 2 nitrogen and oxygen atoms in total. The molecule has 0 bridgehead atoms. The molecule has 0 atom stereocenters. The van der Waals surface area contributed by atoms with E-state index in [1.807, 2.05) is 19.9 Å². The van der Waals surface area contributed by atoms with Crippen LogP contribution in [0.15, 0.2) is 54.6 Å². The maximum Gasteiger partial charge on any atom is 0.416 e. The zero-order valence-corrected chi connectivity index (χ0v) is 16.5. The number of benzene rings is 2. The molecule has 0 saturated heterocycles. The summed E-state index contributed by atoms with van der Waals surface area (Å²) in [6.45, 7) is 6.06. The molecule has 0 aliphatic carbocycles. The second-order valence-electron chi connectivity index (χ2n) is 6.93. The van der Waals surface area contributed by atoms with Crippen molar-refractivity contribution in [2.24, 2.45) is 0 Å². The SMILES string of the molecule is CCc1ccc(-n2c(C)cc(/C=C(/C#N)c3ccc(C(F)(F)F)cc3)c2C)cc1. The van der Waals surface area contributed by atoms with Crippen LogP contribution in [0.2, 0.25) is 0 Å². The standard InChI is InChI=1S/C24H21F3N2/c1-4-18-5-11-23(12-6-18)29-16(2)13-20(17(29)3)14-21(15-28)19-7-9-22(10-8-19)24(25,26)27/h5-14H,4H2,1-3H3/b21-14-. The third kappa shape index (κ3) is 4.27. The number of rotatable bonds is 4. The van der Waals surface area contributed by atoms with Gasteiger partial charge < -0.3 is 4.57 Å². The van der Waals surface area contributed by atoms with Crippen LogP contribution in [0, 0.1) is 25.2 Å². The molecule has 0 saturated carbocycles. The fraction of sp³-hybridized carbons (Fsp3) is 0.208. The Morgan fingerprint density at radius 2 is 1.66 bits per heavy atom. The normalized spacial score (nSPS) is 12.1. The van der Waals surface area contributed by atoms with Crippen molar-refractivity contribution in [1.29, 1.82) is 5.26 Å². The van der Waals surface area contributed by atoms with E-state index in [0.717, 1.165) is 41.2 Å². The molecule has 2 aromatic carbocycles. The van der Waals surface area contributed by atoms with Gasteiger partial charge in [-0.15, -0.1) is 0 Å². The van der Waals surface area contributed by atoms with Gasteiger partial charge in [0.05, 0.1) is 17.2 Å². The lowest BCUT2D eigenvalue weighted by Gasteiger charge is -2.10. The quantitative estimate of drug-likeness (QED) is 0.451. The van der Waals surface area contributed by atoms with Crippen molar-refractivity contribution < 1.29 is 13.2 Å². The summed E-state index contributed by atoms with van der Waals surface area (Å²) in [5, 5.41) is 9.56. The molecule has 0 amide bonds. The molecule has 0 radical (unpaired) electrons. The van der Waals surface area contributed by atoms with E-state index in [2.05, 4.69) is 41.8 Å². The predicted molar refractivity (Wildman–Crippen MR) is 110 cm³/mol. The van der Waals surface area contributed by atoms with Crippen LogP contribution in [0.1, 0.15) is 40.6 Å². The van der Waals surface area contributed by atoms with Crippen LogP contribution >= 0.6 is 0 Å². The van der Waals surface area contributed by atoms with E-state index in [1.54, 1.807) is 6.08 Å². The van der Waals surface area contributed by atoms with Crippen molar-refractivity contribution >= 4 is 11.6 Å². The highest BCUT2D eigenvalue weighted by molar-refractivity contribution is 5.90. The zero-order valence-electron chi connectivity index (χ0n) is 16.5. The van der Waals surface area contributed by atoms with Crippen LogP contribution in [0.5, 0.6) is 0 Å². The zero-order chi connectivity index (χ0) is 21.2. The number of nitriles is 1. The number of nitrogens with zero attached hydrogens (tertiary/aromatic N) is 2. The summed E-state index contributed by atoms with van der Waals surface area (Å²) in [5.74, 6) is 0. The van der Waals surface area contributed by atoms with Crippen LogP contribution in [0.25, 0.3) is 17.3 Å². The lowest BCUT2D eigenvalue weighted by Crippen LogP contribution is -2.04. The molecule has 29 heavy (non-hydrogen) atoms. The highest BCUT2D eigenvalue weighted by Crippen LogP contribution is 2.31. The van der Waals surface area contributed by atoms with Crippen molar-refractivity contribution in [3.63, 3.8) is 0 Å². The molecule has 0 aliphatic rings. The fourth-order valence-corrected chi connectivity index (χ4v) is 3.39. The highest BCUT2D eigenvalue weighted by atomic mass is 19.4. The Balaban J connectivity index is 1.99. The van der Waals surface area contributed by atoms with Crippen molar-refractivity contribution in [1.82, 2.24) is 4.57 Å². The summed E-state index contributed by atoms with van der Waals surface area (Å²) in [5.41, 5.74) is 5.17. The van der Waals surface area contributed by atoms with Gasteiger partial charge in [0.25, 0.3) is 0 Å². The second-order valence-corrected chi connectivity index (χ2v) is 6.93. The molecule has 0 fully saturated rings. The molecule has 0 spiro atoms. The average Bonchev–Trinajstić information content (AvgIpc) is 2.98. The van der Waals surface area contributed by atoms with Gasteiger partial charge >= 0.3 is 6.18 Å². The third-order valence-electron chi connectivity index (χ3n) is 5.02. The minimum atomic E-state index is -4.40. The largest absolute Gasteiger partial charge is 0.416 e. The average molecular weight is 394 g/mol. The van der Waals surface area contributed by atoms with Gasteiger partial charge in [-0.2, -0.15) is 18.4 Å². The van der Waals surface area contributed by atoms with Gasteiger partial charge in [-0.3, -0.25) is 0 Å². The van der Waals surface area contributed by atoms with Gasteiger partial charge in [0, 0.05) is 17.1 Å². The molecule has 1 heterocycles. The number of halogens is 3. The summed E-state index contributed by atoms with van der Waals surface area (Å²) < 4.78 is 40.4. The number of aryl methyl sites for hydroxylation is 2. The van der Waals surface area contributed by atoms with Crippen LogP contribution in [0.3, 0.4) is 0 Å². The number of hydrogen-bond acceptors (Lipinski definition) is 1. The predicted octanol–water partition coefficient (Wildman–Crippen LogP) is 6.74. The van der Waals surface area contributed by atoms with E-state index < -0.39 is 11.7 Å². The number of aromatic nitrogens is 1. The minimum Gasteiger partial charge on any atom is -0.318 e.